The van der Waals surface area contributed by atoms with Gasteiger partial charge >= 0.3 is 6.18 Å². The van der Waals surface area contributed by atoms with E-state index in [1.165, 1.54) is 6.07 Å². The predicted molar refractivity (Wildman–Crippen MR) is 101 cm³/mol. The lowest BCUT2D eigenvalue weighted by molar-refractivity contribution is -0.141. The number of fused-ring (bicyclic) bond motifs is 2. The highest BCUT2D eigenvalue weighted by Crippen LogP contribution is 2.37. The molecule has 1 aliphatic rings. The molecule has 0 saturated carbocycles. The van der Waals surface area contributed by atoms with E-state index in [-0.39, 0.29) is 5.82 Å². The van der Waals surface area contributed by atoms with E-state index in [1.807, 2.05) is 36.2 Å². The molecule has 5 heterocycles. The quantitative estimate of drug-likeness (QED) is 0.556. The van der Waals surface area contributed by atoms with Crippen molar-refractivity contribution >= 4 is 11.3 Å². The lowest BCUT2D eigenvalue weighted by Crippen LogP contribution is -2.37. The van der Waals surface area contributed by atoms with Crippen molar-refractivity contribution in [2.45, 2.75) is 25.6 Å². The Morgan fingerprint density at radius 3 is 2.83 bits per heavy atom. The van der Waals surface area contributed by atoms with Crippen LogP contribution in [0.2, 0.25) is 0 Å². The summed E-state index contributed by atoms with van der Waals surface area (Å²) in [4.78, 5) is 13.3. The molecule has 0 unspecified atom stereocenters. The van der Waals surface area contributed by atoms with Gasteiger partial charge in [-0.05, 0) is 36.8 Å². The molecule has 0 spiro atoms. The van der Waals surface area contributed by atoms with Crippen molar-refractivity contribution in [3.8, 4) is 0 Å². The lowest BCUT2D eigenvalue weighted by Gasteiger charge is -2.35. The lowest BCUT2D eigenvalue weighted by atomic mass is 9.99. The first-order valence-electron chi connectivity index (χ1n) is 9.20. The molecule has 0 amide bonds. The summed E-state index contributed by atoms with van der Waals surface area (Å²) in [7, 11) is 0. The van der Waals surface area contributed by atoms with Crippen LogP contribution >= 0.6 is 0 Å². The number of pyridine rings is 2. The van der Waals surface area contributed by atoms with E-state index in [2.05, 4.69) is 15.0 Å². The highest BCUT2D eigenvalue weighted by Gasteiger charge is 2.36. The maximum absolute atomic E-state index is 13.2. The number of alkyl halides is 3. The fourth-order valence-electron chi connectivity index (χ4n) is 3.87. The molecule has 5 rings (SSSR count). The fourth-order valence-corrected chi connectivity index (χ4v) is 3.87. The molecule has 4 aromatic rings. The molecule has 1 aliphatic heterocycles. The average Bonchev–Trinajstić information content (AvgIpc) is 3.34. The summed E-state index contributed by atoms with van der Waals surface area (Å²) in [6.45, 7) is 2.49. The van der Waals surface area contributed by atoms with Gasteiger partial charge in [0.25, 0.3) is 0 Å². The summed E-state index contributed by atoms with van der Waals surface area (Å²) < 4.78 is 41.4. The van der Waals surface area contributed by atoms with Crippen LogP contribution in [0.25, 0.3) is 5.52 Å². The molecule has 6 nitrogen and oxygen atoms in total. The molecule has 0 saturated heterocycles. The summed E-state index contributed by atoms with van der Waals surface area (Å²) >= 11 is 0. The Kier molecular flexibility index (Phi) is 3.87. The molecule has 4 aromatic heterocycles. The summed E-state index contributed by atoms with van der Waals surface area (Å²) in [6, 6.07) is 9.40. The zero-order chi connectivity index (χ0) is 20.2. The predicted octanol–water partition coefficient (Wildman–Crippen LogP) is 3.93. The number of hydrogen-bond acceptors (Lipinski definition) is 4. The van der Waals surface area contributed by atoms with Crippen LogP contribution in [0.15, 0.2) is 48.9 Å². The van der Waals surface area contributed by atoms with Crippen LogP contribution in [0.3, 0.4) is 0 Å². The van der Waals surface area contributed by atoms with Gasteiger partial charge in [0.1, 0.15) is 17.6 Å². The number of halogens is 3. The van der Waals surface area contributed by atoms with Crippen molar-refractivity contribution in [2.75, 3.05) is 11.4 Å². The molecule has 9 heteroatoms. The molecule has 0 bridgehead atoms. The number of rotatable bonds is 2. The van der Waals surface area contributed by atoms with Crippen molar-refractivity contribution in [2.24, 2.45) is 0 Å². The third-order valence-corrected chi connectivity index (χ3v) is 5.26. The Morgan fingerprint density at radius 1 is 1.17 bits per heavy atom. The van der Waals surface area contributed by atoms with E-state index in [0.717, 1.165) is 28.5 Å². The van der Waals surface area contributed by atoms with Gasteiger partial charge in [0.2, 0.25) is 0 Å². The number of hydrogen-bond donors (Lipinski definition) is 1. The summed E-state index contributed by atoms with van der Waals surface area (Å²) in [5.41, 5.74) is 3.54. The topological polar surface area (TPSA) is 62.1 Å². The highest BCUT2D eigenvalue weighted by atomic mass is 19.4. The smallest absolute Gasteiger partial charge is 0.348 e. The van der Waals surface area contributed by atoms with Crippen LogP contribution in [0, 0.1) is 6.92 Å². The van der Waals surface area contributed by atoms with Gasteiger partial charge in [-0.3, -0.25) is 0 Å². The molecule has 1 N–H and O–H groups in total. The first-order chi connectivity index (χ1) is 13.9. The second kappa shape index (κ2) is 6.33. The second-order valence-corrected chi connectivity index (χ2v) is 7.08. The Hall–Kier alpha value is -3.36. The maximum atomic E-state index is 13.2. The van der Waals surface area contributed by atoms with Gasteiger partial charge in [-0.25, -0.2) is 14.5 Å². The van der Waals surface area contributed by atoms with E-state index >= 15 is 0 Å². The van der Waals surface area contributed by atoms with Crippen LogP contribution in [0.1, 0.15) is 34.4 Å². The van der Waals surface area contributed by atoms with E-state index < -0.39 is 17.9 Å². The number of aromatic nitrogens is 5. The summed E-state index contributed by atoms with van der Waals surface area (Å²) in [5.74, 6) is 0.257. The Morgan fingerprint density at radius 2 is 2.03 bits per heavy atom. The van der Waals surface area contributed by atoms with Crippen LogP contribution in [-0.4, -0.2) is 31.1 Å². The van der Waals surface area contributed by atoms with Gasteiger partial charge < -0.3 is 9.88 Å². The van der Waals surface area contributed by atoms with Crippen molar-refractivity contribution in [3.63, 3.8) is 0 Å². The van der Waals surface area contributed by atoms with Crippen molar-refractivity contribution in [3.05, 3.63) is 77.3 Å². The Bertz CT molecular complexity index is 1190. The van der Waals surface area contributed by atoms with Gasteiger partial charge in [-0.2, -0.15) is 18.3 Å². The van der Waals surface area contributed by atoms with Crippen molar-refractivity contribution < 1.29 is 13.2 Å². The van der Waals surface area contributed by atoms with E-state index in [1.54, 1.807) is 16.9 Å². The monoisotopic (exact) mass is 398 g/mol. The number of H-pyrrole nitrogens is 1. The molecule has 0 fully saturated rings. The van der Waals surface area contributed by atoms with Crippen molar-refractivity contribution in [1.29, 1.82) is 0 Å². The van der Waals surface area contributed by atoms with Gasteiger partial charge in [-0.15, -0.1) is 0 Å². The maximum Gasteiger partial charge on any atom is 0.433 e. The number of aryl methyl sites for hydroxylation is 1. The van der Waals surface area contributed by atoms with Crippen LogP contribution < -0.4 is 4.90 Å². The first-order valence-corrected chi connectivity index (χ1v) is 9.20. The Balaban J connectivity index is 1.66. The van der Waals surface area contributed by atoms with Gasteiger partial charge in [0.05, 0.1) is 23.2 Å². The van der Waals surface area contributed by atoms with E-state index in [9.17, 15) is 13.2 Å². The number of anilines is 1. The van der Waals surface area contributed by atoms with Crippen LogP contribution in [0.4, 0.5) is 19.0 Å². The highest BCUT2D eigenvalue weighted by molar-refractivity contribution is 5.57. The molecule has 1 atom stereocenters. The SMILES string of the molecule is Cc1cccn2nc([C@@H]3c4nc[nH]c4CCN3c3cccc(C(F)(F)F)n3)cc12. The number of imidazole rings is 1. The zero-order valence-corrected chi connectivity index (χ0v) is 15.5. The van der Waals surface area contributed by atoms with Gasteiger partial charge in [0.15, 0.2) is 0 Å². The van der Waals surface area contributed by atoms with E-state index in [4.69, 9.17) is 5.10 Å². The minimum absolute atomic E-state index is 0.257. The molecule has 148 valence electrons. The average molecular weight is 398 g/mol. The zero-order valence-electron chi connectivity index (χ0n) is 15.5. The second-order valence-electron chi connectivity index (χ2n) is 7.08. The van der Waals surface area contributed by atoms with Crippen molar-refractivity contribution in [1.82, 2.24) is 24.6 Å². The molecule has 29 heavy (non-hydrogen) atoms. The molecule has 0 radical (unpaired) electrons. The third-order valence-electron chi connectivity index (χ3n) is 5.26. The van der Waals surface area contributed by atoms with Crippen LogP contribution in [0.5, 0.6) is 0 Å². The summed E-state index contributed by atoms with van der Waals surface area (Å²) in [6.07, 6.45) is -0.399. The Labute approximate surface area is 164 Å². The fraction of sp³-hybridized carbons (Fsp3) is 0.250. The van der Waals surface area contributed by atoms with Crippen LogP contribution in [-0.2, 0) is 12.6 Å². The standard InChI is InChI=1S/C20H17F3N6/c1-12-4-3-8-29-15(12)10-14(27-29)19-18-13(24-11-25-18)7-9-28(19)17-6-2-5-16(26-17)20(21,22)23/h2-6,8,10-11,19H,7,9H2,1H3,(H,24,25)/t19-/m1/s1. The van der Waals surface area contributed by atoms with Gasteiger partial charge in [-0.1, -0.05) is 12.1 Å². The number of nitrogens with zero attached hydrogens (tertiary/aromatic N) is 5. The minimum Gasteiger partial charge on any atom is -0.348 e. The summed E-state index contributed by atoms with van der Waals surface area (Å²) in [5, 5.41) is 4.69. The molecular weight excluding hydrogens is 381 g/mol. The molecule has 0 aliphatic carbocycles. The minimum atomic E-state index is -4.50. The van der Waals surface area contributed by atoms with Gasteiger partial charge in [0, 0.05) is 24.9 Å². The first kappa shape index (κ1) is 17.7. The molecular formula is C20H17F3N6. The largest absolute Gasteiger partial charge is 0.433 e. The third kappa shape index (κ3) is 2.93. The molecule has 0 aromatic carbocycles. The number of nitrogens with one attached hydrogen (secondary N) is 1. The van der Waals surface area contributed by atoms with E-state index in [0.29, 0.717) is 18.7 Å². The normalized spacial score (nSPS) is 17.0. The number of aromatic amines is 1.